The van der Waals surface area contributed by atoms with Crippen LogP contribution in [-0.4, -0.2) is 51.7 Å². The molecule has 17 heavy (non-hydrogen) atoms. The van der Waals surface area contributed by atoms with E-state index in [0.29, 0.717) is 0 Å². The second-order valence-corrected chi connectivity index (χ2v) is 4.38. The summed E-state index contributed by atoms with van der Waals surface area (Å²) in [5, 5.41) is 20.4. The Morgan fingerprint density at radius 2 is 1.88 bits per heavy atom. The second kappa shape index (κ2) is 5.03. The molecule has 0 radical (unpaired) electrons. The highest BCUT2D eigenvalue weighted by Crippen LogP contribution is 2.18. The maximum Gasteiger partial charge on any atom is 0.408 e. The molecule has 1 saturated heterocycles. The minimum Gasteiger partial charge on any atom is -0.480 e. The Hall–Kier alpha value is -1.79. The van der Waals surface area contributed by atoms with E-state index in [1.807, 2.05) is 0 Å². The third-order valence-electron chi connectivity index (χ3n) is 2.70. The molecule has 7 nitrogen and oxygen atoms in total. The molecule has 1 fully saturated rings. The molecular formula is C10H16N2O5. The predicted molar refractivity (Wildman–Crippen MR) is 57.5 cm³/mol. The lowest BCUT2D eigenvalue weighted by atomic mass is 10.1. The first-order chi connectivity index (χ1) is 7.82. The first kappa shape index (κ1) is 13.3. The number of carboxylic acid groups (broad SMARTS) is 2. The van der Waals surface area contributed by atoms with Crippen molar-refractivity contribution in [3.05, 3.63) is 0 Å². The molecule has 2 atom stereocenters. The average molecular weight is 244 g/mol. The summed E-state index contributed by atoms with van der Waals surface area (Å²) >= 11 is 0. The summed E-state index contributed by atoms with van der Waals surface area (Å²) in [6.07, 6.45) is -1.17. The number of carbonyl (C=O) groups excluding carboxylic acids is 1. The molecule has 1 rings (SSSR count). The van der Waals surface area contributed by atoms with Crippen LogP contribution in [0.5, 0.6) is 0 Å². The Balaban J connectivity index is 2.66. The fraction of sp³-hybridized carbons (Fsp3) is 0.700. The molecule has 1 aliphatic heterocycles. The number of carboxylic acids is 1. The van der Waals surface area contributed by atoms with Crippen molar-refractivity contribution in [1.29, 1.82) is 0 Å². The van der Waals surface area contributed by atoms with Gasteiger partial charge in [0.2, 0.25) is 5.91 Å². The third kappa shape index (κ3) is 3.08. The molecule has 1 heterocycles. The van der Waals surface area contributed by atoms with Crippen LogP contribution in [0.2, 0.25) is 0 Å². The van der Waals surface area contributed by atoms with E-state index in [1.165, 1.54) is 0 Å². The third-order valence-corrected chi connectivity index (χ3v) is 2.70. The van der Waals surface area contributed by atoms with Gasteiger partial charge in [0.25, 0.3) is 0 Å². The molecule has 0 bridgehead atoms. The van der Waals surface area contributed by atoms with Gasteiger partial charge in [-0.3, -0.25) is 9.69 Å². The lowest BCUT2D eigenvalue weighted by Crippen LogP contribution is -2.41. The minimum atomic E-state index is -1.28. The monoisotopic (exact) mass is 244 g/mol. The van der Waals surface area contributed by atoms with Gasteiger partial charge in [-0.2, -0.15) is 0 Å². The van der Waals surface area contributed by atoms with Gasteiger partial charge in [0.15, 0.2) is 0 Å². The summed E-state index contributed by atoms with van der Waals surface area (Å²) in [5.74, 6) is -1.60. The van der Waals surface area contributed by atoms with Crippen LogP contribution >= 0.6 is 0 Å². The maximum atomic E-state index is 11.4. The quantitative estimate of drug-likeness (QED) is 0.646. The fourth-order valence-corrected chi connectivity index (χ4v) is 1.75. The van der Waals surface area contributed by atoms with Crippen LogP contribution < -0.4 is 5.32 Å². The number of hydrogen-bond donors (Lipinski definition) is 3. The zero-order chi connectivity index (χ0) is 13.2. The SMILES string of the molecule is CC(C)C(=O)N[C@H]1C[C@H](C(=O)O)N(C(=O)O)C1. The smallest absolute Gasteiger partial charge is 0.408 e. The Morgan fingerprint density at radius 3 is 2.24 bits per heavy atom. The predicted octanol–water partition coefficient (Wildman–Crippen LogP) is -0.0359. The lowest BCUT2D eigenvalue weighted by molar-refractivity contribution is -0.141. The van der Waals surface area contributed by atoms with Crippen LogP contribution in [0.1, 0.15) is 20.3 Å². The van der Waals surface area contributed by atoms with E-state index in [-0.39, 0.29) is 24.8 Å². The number of rotatable bonds is 3. The molecule has 0 aromatic rings. The van der Waals surface area contributed by atoms with Crippen molar-refractivity contribution in [2.24, 2.45) is 5.92 Å². The van der Waals surface area contributed by atoms with Crippen molar-refractivity contribution < 1.29 is 24.6 Å². The minimum absolute atomic E-state index is 0.0186. The molecule has 7 heteroatoms. The van der Waals surface area contributed by atoms with Crippen LogP contribution in [0.25, 0.3) is 0 Å². The summed E-state index contributed by atoms with van der Waals surface area (Å²) in [5.41, 5.74) is 0. The number of nitrogens with zero attached hydrogens (tertiary/aromatic N) is 1. The Kier molecular flexibility index (Phi) is 3.93. The summed E-state index contributed by atoms with van der Waals surface area (Å²) in [7, 11) is 0. The summed E-state index contributed by atoms with van der Waals surface area (Å²) in [6, 6.07) is -1.51. The van der Waals surface area contributed by atoms with Crippen molar-refractivity contribution in [2.75, 3.05) is 6.54 Å². The average Bonchev–Trinajstić information content (AvgIpc) is 2.61. The highest BCUT2D eigenvalue weighted by atomic mass is 16.4. The van der Waals surface area contributed by atoms with Crippen LogP contribution in [-0.2, 0) is 9.59 Å². The van der Waals surface area contributed by atoms with E-state index >= 15 is 0 Å². The zero-order valence-corrected chi connectivity index (χ0v) is 9.71. The van der Waals surface area contributed by atoms with Gasteiger partial charge in [-0.15, -0.1) is 0 Å². The van der Waals surface area contributed by atoms with Crippen LogP contribution in [0, 0.1) is 5.92 Å². The summed E-state index contributed by atoms with van der Waals surface area (Å²) in [4.78, 5) is 34.0. The molecule has 0 aliphatic carbocycles. The molecule has 2 amide bonds. The molecule has 0 spiro atoms. The number of nitrogens with one attached hydrogen (secondary N) is 1. The van der Waals surface area contributed by atoms with Gasteiger partial charge in [-0.25, -0.2) is 9.59 Å². The zero-order valence-electron chi connectivity index (χ0n) is 9.71. The van der Waals surface area contributed by atoms with Gasteiger partial charge in [0, 0.05) is 24.9 Å². The summed E-state index contributed by atoms with van der Waals surface area (Å²) < 4.78 is 0. The van der Waals surface area contributed by atoms with Crippen molar-refractivity contribution in [1.82, 2.24) is 10.2 Å². The Morgan fingerprint density at radius 1 is 1.29 bits per heavy atom. The van der Waals surface area contributed by atoms with E-state index in [1.54, 1.807) is 13.8 Å². The molecule has 0 aromatic carbocycles. The largest absolute Gasteiger partial charge is 0.480 e. The van der Waals surface area contributed by atoms with E-state index < -0.39 is 24.1 Å². The second-order valence-electron chi connectivity index (χ2n) is 4.38. The highest BCUT2D eigenvalue weighted by Gasteiger charge is 2.40. The van der Waals surface area contributed by atoms with Crippen LogP contribution in [0.4, 0.5) is 4.79 Å². The number of carbonyl (C=O) groups is 3. The van der Waals surface area contributed by atoms with Crippen LogP contribution in [0.3, 0.4) is 0 Å². The molecule has 96 valence electrons. The first-order valence-corrected chi connectivity index (χ1v) is 5.35. The number of likely N-dealkylation sites (tertiary alicyclic amines) is 1. The molecule has 1 aliphatic rings. The number of amides is 2. The van der Waals surface area contributed by atoms with Gasteiger partial charge in [0.1, 0.15) is 6.04 Å². The topological polar surface area (TPSA) is 107 Å². The molecule has 0 saturated carbocycles. The number of hydrogen-bond acceptors (Lipinski definition) is 3. The molecule has 3 N–H and O–H groups in total. The van der Waals surface area contributed by atoms with Crippen molar-refractivity contribution in [3.63, 3.8) is 0 Å². The summed E-state index contributed by atoms with van der Waals surface area (Å²) in [6.45, 7) is 3.45. The molecule has 0 aromatic heterocycles. The highest BCUT2D eigenvalue weighted by molar-refractivity contribution is 5.81. The molecular weight excluding hydrogens is 228 g/mol. The van der Waals surface area contributed by atoms with E-state index in [4.69, 9.17) is 10.2 Å². The standard InChI is InChI=1S/C10H16N2O5/c1-5(2)8(13)11-6-3-7(9(14)15)12(4-6)10(16)17/h5-7H,3-4H2,1-2H3,(H,11,13)(H,14,15)(H,16,17)/t6-,7+/m0/s1. The molecule has 0 unspecified atom stereocenters. The first-order valence-electron chi connectivity index (χ1n) is 5.35. The Bertz CT molecular complexity index is 320. The van der Waals surface area contributed by atoms with Gasteiger partial charge in [0.05, 0.1) is 0 Å². The van der Waals surface area contributed by atoms with Crippen LogP contribution in [0.15, 0.2) is 0 Å². The van der Waals surface area contributed by atoms with Crippen molar-refractivity contribution in [2.45, 2.75) is 32.4 Å². The van der Waals surface area contributed by atoms with Crippen molar-refractivity contribution in [3.8, 4) is 0 Å². The number of aliphatic carboxylic acids is 1. The van der Waals surface area contributed by atoms with Gasteiger partial charge < -0.3 is 15.5 Å². The van der Waals surface area contributed by atoms with Gasteiger partial charge in [-0.1, -0.05) is 13.8 Å². The maximum absolute atomic E-state index is 11.4. The Labute approximate surface area is 98.4 Å². The van der Waals surface area contributed by atoms with Gasteiger partial charge in [-0.05, 0) is 0 Å². The van der Waals surface area contributed by atoms with E-state index in [2.05, 4.69) is 5.32 Å². The van der Waals surface area contributed by atoms with Crippen molar-refractivity contribution >= 4 is 18.0 Å². The normalized spacial score (nSPS) is 23.8. The van der Waals surface area contributed by atoms with Gasteiger partial charge >= 0.3 is 12.1 Å². The fourth-order valence-electron chi connectivity index (χ4n) is 1.75. The lowest BCUT2D eigenvalue weighted by Gasteiger charge is -2.17. The van der Waals surface area contributed by atoms with E-state index in [0.717, 1.165) is 4.90 Å². The van der Waals surface area contributed by atoms with E-state index in [9.17, 15) is 14.4 Å².